The van der Waals surface area contributed by atoms with Gasteiger partial charge in [0.15, 0.2) is 11.5 Å². The minimum Gasteiger partial charge on any atom is -0.493 e. The second-order valence-corrected chi connectivity index (χ2v) is 5.61. The number of ether oxygens (including phenoxy) is 2. The Kier molecular flexibility index (Phi) is 5.07. The quantitative estimate of drug-likeness (QED) is 0.768. The van der Waals surface area contributed by atoms with Crippen molar-refractivity contribution in [2.75, 3.05) is 14.2 Å². The van der Waals surface area contributed by atoms with Crippen molar-refractivity contribution in [2.24, 2.45) is 5.92 Å². The Hall–Kier alpha value is -1.75. The van der Waals surface area contributed by atoms with E-state index < -0.39 is 12.0 Å². The lowest BCUT2D eigenvalue weighted by Gasteiger charge is -2.20. The summed E-state index contributed by atoms with van der Waals surface area (Å²) in [5.41, 5.74) is 1.09. The van der Waals surface area contributed by atoms with Gasteiger partial charge in [-0.15, -0.1) is 0 Å². The summed E-state index contributed by atoms with van der Waals surface area (Å²) in [6.07, 6.45) is 2.76. The van der Waals surface area contributed by atoms with Crippen molar-refractivity contribution in [3.63, 3.8) is 0 Å². The fourth-order valence-electron chi connectivity index (χ4n) is 2.57. The van der Waals surface area contributed by atoms with Gasteiger partial charge in [0, 0.05) is 6.04 Å². The average molecular weight is 293 g/mol. The first kappa shape index (κ1) is 15.6. The van der Waals surface area contributed by atoms with Crippen LogP contribution >= 0.6 is 0 Å². The molecule has 1 fully saturated rings. The standard InChI is InChI=1S/C16H23NO4/c1-10(17-15(16(18)19)12-5-6-12)8-11-4-7-13(20-2)14(9-11)21-3/h4,7,9-10,12,15,17H,5-6,8H2,1-3H3,(H,18,19). The maximum atomic E-state index is 11.3. The van der Waals surface area contributed by atoms with Crippen LogP contribution in [0.15, 0.2) is 18.2 Å². The molecule has 1 aromatic rings. The number of benzene rings is 1. The molecule has 0 saturated heterocycles. The highest BCUT2D eigenvalue weighted by Gasteiger charge is 2.36. The third-order valence-electron chi connectivity index (χ3n) is 3.81. The molecule has 0 bridgehead atoms. The molecule has 2 rings (SSSR count). The summed E-state index contributed by atoms with van der Waals surface area (Å²) in [5, 5.41) is 12.5. The van der Waals surface area contributed by atoms with Gasteiger partial charge in [-0.1, -0.05) is 6.07 Å². The number of hydrogen-bond acceptors (Lipinski definition) is 4. The summed E-state index contributed by atoms with van der Waals surface area (Å²) >= 11 is 0. The molecule has 0 aliphatic heterocycles. The zero-order valence-corrected chi connectivity index (χ0v) is 12.8. The maximum Gasteiger partial charge on any atom is 0.320 e. The van der Waals surface area contributed by atoms with Crippen LogP contribution in [0.25, 0.3) is 0 Å². The molecule has 1 aliphatic carbocycles. The van der Waals surface area contributed by atoms with Crippen molar-refractivity contribution >= 4 is 5.97 Å². The summed E-state index contributed by atoms with van der Waals surface area (Å²) in [5.74, 6) is 0.925. The fourth-order valence-corrected chi connectivity index (χ4v) is 2.57. The van der Waals surface area contributed by atoms with Crippen molar-refractivity contribution in [3.8, 4) is 11.5 Å². The Morgan fingerprint density at radius 2 is 2.00 bits per heavy atom. The molecule has 21 heavy (non-hydrogen) atoms. The van der Waals surface area contributed by atoms with Crippen LogP contribution in [0, 0.1) is 5.92 Å². The zero-order chi connectivity index (χ0) is 15.4. The molecule has 2 N–H and O–H groups in total. The lowest BCUT2D eigenvalue weighted by Crippen LogP contribution is -2.44. The lowest BCUT2D eigenvalue weighted by atomic mass is 10.0. The highest BCUT2D eigenvalue weighted by atomic mass is 16.5. The maximum absolute atomic E-state index is 11.3. The van der Waals surface area contributed by atoms with Crippen molar-refractivity contribution in [1.29, 1.82) is 0 Å². The van der Waals surface area contributed by atoms with Gasteiger partial charge in [0.25, 0.3) is 0 Å². The molecule has 2 unspecified atom stereocenters. The van der Waals surface area contributed by atoms with E-state index in [9.17, 15) is 9.90 Å². The third-order valence-corrected chi connectivity index (χ3v) is 3.81. The summed E-state index contributed by atoms with van der Waals surface area (Å²) in [7, 11) is 3.21. The molecule has 0 aromatic heterocycles. The normalized spacial score (nSPS) is 17.1. The predicted octanol–water partition coefficient (Wildman–Crippen LogP) is 2.09. The summed E-state index contributed by atoms with van der Waals surface area (Å²) in [4.78, 5) is 11.3. The minimum atomic E-state index is -0.753. The highest BCUT2D eigenvalue weighted by molar-refractivity contribution is 5.74. The third kappa shape index (κ3) is 4.11. The first-order chi connectivity index (χ1) is 10.0. The molecule has 1 aliphatic rings. The van der Waals surface area contributed by atoms with Crippen molar-refractivity contribution in [2.45, 2.75) is 38.3 Å². The van der Waals surface area contributed by atoms with Gasteiger partial charge in [0.1, 0.15) is 6.04 Å². The van der Waals surface area contributed by atoms with Gasteiger partial charge in [-0.3, -0.25) is 4.79 Å². The van der Waals surface area contributed by atoms with Crippen molar-refractivity contribution in [1.82, 2.24) is 5.32 Å². The molecule has 5 nitrogen and oxygen atoms in total. The van der Waals surface area contributed by atoms with Gasteiger partial charge in [-0.25, -0.2) is 0 Å². The molecular formula is C16H23NO4. The van der Waals surface area contributed by atoms with E-state index in [4.69, 9.17) is 9.47 Å². The lowest BCUT2D eigenvalue weighted by molar-refractivity contribution is -0.140. The minimum absolute atomic E-state index is 0.0878. The monoisotopic (exact) mass is 293 g/mol. The first-order valence-corrected chi connectivity index (χ1v) is 7.25. The molecule has 2 atom stereocenters. The molecule has 116 valence electrons. The van der Waals surface area contributed by atoms with Gasteiger partial charge < -0.3 is 19.9 Å². The van der Waals surface area contributed by atoms with Crippen molar-refractivity contribution in [3.05, 3.63) is 23.8 Å². The molecule has 0 spiro atoms. The topological polar surface area (TPSA) is 67.8 Å². The zero-order valence-electron chi connectivity index (χ0n) is 12.8. The number of carboxylic acid groups (broad SMARTS) is 1. The Balaban J connectivity index is 1.98. The van der Waals surface area contributed by atoms with E-state index in [1.165, 1.54) is 0 Å². The summed E-state index contributed by atoms with van der Waals surface area (Å²) in [6, 6.07) is 5.44. The number of carboxylic acids is 1. The van der Waals surface area contributed by atoms with E-state index in [1.54, 1.807) is 14.2 Å². The first-order valence-electron chi connectivity index (χ1n) is 7.25. The highest BCUT2D eigenvalue weighted by Crippen LogP contribution is 2.33. The molecule has 1 aromatic carbocycles. The van der Waals surface area contributed by atoms with Crippen LogP contribution in [0.4, 0.5) is 0 Å². The Morgan fingerprint density at radius 3 is 2.52 bits per heavy atom. The number of carbonyl (C=O) groups is 1. The van der Waals surface area contributed by atoms with Gasteiger partial charge in [0.2, 0.25) is 0 Å². The predicted molar refractivity (Wildman–Crippen MR) is 80.0 cm³/mol. The number of rotatable bonds is 8. The van der Waals surface area contributed by atoms with Gasteiger partial charge in [0.05, 0.1) is 14.2 Å². The van der Waals surface area contributed by atoms with Crippen LogP contribution < -0.4 is 14.8 Å². The van der Waals surface area contributed by atoms with Crippen LogP contribution in [0.1, 0.15) is 25.3 Å². The number of nitrogens with one attached hydrogen (secondary N) is 1. The van der Waals surface area contributed by atoms with Gasteiger partial charge in [-0.05, 0) is 49.8 Å². The molecule has 0 amide bonds. The Bertz CT molecular complexity index is 499. The van der Waals surface area contributed by atoms with E-state index >= 15 is 0 Å². The van der Waals surface area contributed by atoms with E-state index in [2.05, 4.69) is 5.32 Å². The van der Waals surface area contributed by atoms with Gasteiger partial charge >= 0.3 is 5.97 Å². The smallest absolute Gasteiger partial charge is 0.320 e. The van der Waals surface area contributed by atoms with E-state index in [0.717, 1.165) is 24.8 Å². The molecule has 0 heterocycles. The summed E-state index contributed by atoms with van der Waals surface area (Å²) < 4.78 is 10.5. The van der Waals surface area contributed by atoms with Crippen LogP contribution in [0.5, 0.6) is 11.5 Å². The molecular weight excluding hydrogens is 270 g/mol. The molecule has 0 radical (unpaired) electrons. The van der Waals surface area contributed by atoms with E-state index in [-0.39, 0.29) is 12.0 Å². The van der Waals surface area contributed by atoms with E-state index in [0.29, 0.717) is 11.5 Å². The van der Waals surface area contributed by atoms with Crippen LogP contribution in [-0.2, 0) is 11.2 Å². The van der Waals surface area contributed by atoms with Crippen LogP contribution in [-0.4, -0.2) is 37.4 Å². The number of aliphatic carboxylic acids is 1. The second kappa shape index (κ2) is 6.80. The van der Waals surface area contributed by atoms with Crippen LogP contribution in [0.2, 0.25) is 0 Å². The largest absolute Gasteiger partial charge is 0.493 e. The Labute approximate surface area is 125 Å². The molecule has 5 heteroatoms. The SMILES string of the molecule is COc1ccc(CC(C)NC(C(=O)O)C2CC2)cc1OC. The second-order valence-electron chi connectivity index (χ2n) is 5.61. The average Bonchev–Trinajstić information content (AvgIpc) is 3.28. The Morgan fingerprint density at radius 1 is 1.33 bits per heavy atom. The molecule has 1 saturated carbocycles. The van der Waals surface area contributed by atoms with Crippen molar-refractivity contribution < 1.29 is 19.4 Å². The number of hydrogen-bond donors (Lipinski definition) is 2. The fraction of sp³-hybridized carbons (Fsp3) is 0.562. The van der Waals surface area contributed by atoms with Gasteiger partial charge in [-0.2, -0.15) is 0 Å². The van der Waals surface area contributed by atoms with E-state index in [1.807, 2.05) is 25.1 Å². The number of methoxy groups -OCH3 is 2. The van der Waals surface area contributed by atoms with Crippen LogP contribution in [0.3, 0.4) is 0 Å². The summed E-state index contributed by atoms with van der Waals surface area (Å²) in [6.45, 7) is 2.01.